The minimum atomic E-state index is -0.686. The van der Waals surface area contributed by atoms with E-state index in [4.69, 9.17) is 16.3 Å². The van der Waals surface area contributed by atoms with Crippen LogP contribution in [0, 0.1) is 11.3 Å². The fourth-order valence-corrected chi connectivity index (χ4v) is 5.14. The number of ether oxygens (including phenoxy) is 1. The zero-order chi connectivity index (χ0) is 24.5. The van der Waals surface area contributed by atoms with Gasteiger partial charge in [0.1, 0.15) is 5.75 Å². The number of nitriles is 1. The molecule has 0 aliphatic carbocycles. The van der Waals surface area contributed by atoms with E-state index in [1.165, 1.54) is 0 Å². The maximum atomic E-state index is 13.6. The summed E-state index contributed by atoms with van der Waals surface area (Å²) in [5, 5.41) is 10.7. The molecule has 1 unspecified atom stereocenters. The number of carbonyl (C=O) groups is 2. The number of halogens is 1. The number of benzene rings is 2. The number of nitrogens with zero attached hydrogens (tertiary/aromatic N) is 4. The number of likely N-dealkylation sites (N-methyl/N-ethyl adjacent to an activating group) is 1. The average molecular weight is 481 g/mol. The summed E-state index contributed by atoms with van der Waals surface area (Å²) in [6, 6.07) is 15.6. The molecule has 0 aromatic heterocycles. The van der Waals surface area contributed by atoms with Crippen LogP contribution in [-0.4, -0.2) is 69.0 Å². The zero-order valence-electron chi connectivity index (χ0n) is 19.8. The fourth-order valence-electron chi connectivity index (χ4n) is 4.98. The Kier molecular flexibility index (Phi) is 6.72. The number of fused-ring (bicyclic) bond motifs is 1. The van der Waals surface area contributed by atoms with Gasteiger partial charge in [-0.15, -0.1) is 0 Å². The third-order valence-electron chi connectivity index (χ3n) is 7.00. The number of rotatable bonds is 5. The summed E-state index contributed by atoms with van der Waals surface area (Å²) in [4.78, 5) is 31.3. The van der Waals surface area contributed by atoms with Gasteiger partial charge in [-0.25, -0.2) is 0 Å². The minimum Gasteiger partial charge on any atom is -0.496 e. The Bertz CT molecular complexity index is 1140. The van der Waals surface area contributed by atoms with Gasteiger partial charge in [-0.2, -0.15) is 5.26 Å². The van der Waals surface area contributed by atoms with Crippen molar-refractivity contribution in [2.24, 2.45) is 0 Å². The van der Waals surface area contributed by atoms with Gasteiger partial charge < -0.3 is 19.4 Å². The van der Waals surface area contributed by atoms with Gasteiger partial charge in [-0.1, -0.05) is 35.9 Å². The first-order valence-electron chi connectivity index (χ1n) is 11.4. The van der Waals surface area contributed by atoms with E-state index in [1.54, 1.807) is 32.2 Å². The Morgan fingerprint density at radius 3 is 2.56 bits per heavy atom. The summed E-state index contributed by atoms with van der Waals surface area (Å²) < 4.78 is 5.51. The highest BCUT2D eigenvalue weighted by molar-refractivity contribution is 6.31. The molecule has 0 bridgehead atoms. The summed E-state index contributed by atoms with van der Waals surface area (Å²) in [5.74, 6) is 0.317. The summed E-state index contributed by atoms with van der Waals surface area (Å²) in [6.07, 6.45) is 1.08. The molecule has 1 atom stereocenters. The molecule has 1 saturated heterocycles. The minimum absolute atomic E-state index is 0.0231. The Balaban J connectivity index is 1.53. The number of likely N-dealkylation sites (tertiary alicyclic amines) is 1. The van der Waals surface area contributed by atoms with Crippen LogP contribution in [0.5, 0.6) is 5.75 Å². The molecule has 0 saturated carbocycles. The van der Waals surface area contributed by atoms with Crippen LogP contribution in [0.15, 0.2) is 42.5 Å². The van der Waals surface area contributed by atoms with Crippen LogP contribution in [0.4, 0.5) is 5.69 Å². The lowest BCUT2D eigenvalue weighted by Crippen LogP contribution is -2.47. The first kappa shape index (κ1) is 23.9. The molecule has 4 rings (SSSR count). The second-order valence-corrected chi connectivity index (χ2v) is 9.58. The first-order chi connectivity index (χ1) is 16.3. The van der Waals surface area contributed by atoms with E-state index in [0.717, 1.165) is 16.8 Å². The van der Waals surface area contributed by atoms with Crippen LogP contribution < -0.4 is 9.64 Å². The molecular formula is C26H29ClN4O3. The van der Waals surface area contributed by atoms with Crippen LogP contribution >= 0.6 is 11.6 Å². The number of para-hydroxylation sites is 1. The number of amides is 2. The number of hydrogen-bond acceptors (Lipinski definition) is 5. The quantitative estimate of drug-likeness (QED) is 0.655. The smallest absolute Gasteiger partial charge is 0.241 e. The van der Waals surface area contributed by atoms with Gasteiger partial charge in [0.05, 0.1) is 31.1 Å². The van der Waals surface area contributed by atoms with E-state index in [-0.39, 0.29) is 24.3 Å². The van der Waals surface area contributed by atoms with Gasteiger partial charge in [0.2, 0.25) is 11.8 Å². The molecule has 7 nitrogen and oxygen atoms in total. The van der Waals surface area contributed by atoms with Gasteiger partial charge in [0, 0.05) is 50.0 Å². The zero-order valence-corrected chi connectivity index (χ0v) is 20.5. The normalized spacial score (nSPS) is 18.7. The summed E-state index contributed by atoms with van der Waals surface area (Å²) in [6.45, 7) is 1.59. The summed E-state index contributed by atoms with van der Waals surface area (Å²) in [5.41, 5.74) is 1.91. The molecular weight excluding hydrogens is 452 g/mol. The van der Waals surface area contributed by atoms with E-state index in [0.29, 0.717) is 43.2 Å². The molecule has 2 heterocycles. The second-order valence-electron chi connectivity index (χ2n) is 9.14. The standard InChI is InChI=1S/C26H29ClN4O3/c1-29(2)24(32)16-31-15-20(19-9-8-18(27)14-22(19)31)25(33)30-12-10-26(17-28,11-13-30)21-6-4-5-7-23(21)34-3/h4-9,14,20H,10-13,15-16H2,1-3H3. The van der Waals surface area contributed by atoms with Crippen molar-refractivity contribution in [2.45, 2.75) is 24.2 Å². The number of methoxy groups -OCH3 is 1. The predicted octanol–water partition coefficient (Wildman–Crippen LogP) is 3.42. The molecule has 2 amide bonds. The Morgan fingerprint density at radius 1 is 1.21 bits per heavy atom. The SMILES string of the molecule is COc1ccccc1C1(C#N)CCN(C(=O)C2CN(CC(=O)N(C)C)c3cc(Cl)ccc32)CC1. The summed E-state index contributed by atoms with van der Waals surface area (Å²) >= 11 is 6.24. The van der Waals surface area contributed by atoms with Crippen LogP contribution in [0.1, 0.15) is 29.9 Å². The molecule has 2 aliphatic rings. The molecule has 8 heteroatoms. The van der Waals surface area contributed by atoms with Crippen LogP contribution in [0.2, 0.25) is 5.02 Å². The highest BCUT2D eigenvalue weighted by Crippen LogP contribution is 2.42. The molecule has 2 aromatic carbocycles. The fraction of sp³-hybridized carbons (Fsp3) is 0.423. The lowest BCUT2D eigenvalue weighted by molar-refractivity contribution is -0.134. The molecule has 2 aromatic rings. The third kappa shape index (κ3) is 4.30. The lowest BCUT2D eigenvalue weighted by Gasteiger charge is -2.39. The van der Waals surface area contributed by atoms with E-state index < -0.39 is 5.41 Å². The number of carbonyl (C=O) groups excluding carboxylic acids is 2. The second kappa shape index (κ2) is 9.55. The van der Waals surface area contributed by atoms with Crippen molar-refractivity contribution in [1.29, 1.82) is 5.26 Å². The molecule has 0 N–H and O–H groups in total. The molecule has 1 fully saturated rings. The Hall–Kier alpha value is -3.24. The van der Waals surface area contributed by atoms with E-state index in [9.17, 15) is 14.9 Å². The van der Waals surface area contributed by atoms with Gasteiger partial charge in [-0.05, 0) is 36.6 Å². The van der Waals surface area contributed by atoms with Crippen LogP contribution in [0.25, 0.3) is 0 Å². The largest absolute Gasteiger partial charge is 0.496 e. The van der Waals surface area contributed by atoms with E-state index in [1.807, 2.05) is 46.2 Å². The Labute approximate surface area is 205 Å². The van der Waals surface area contributed by atoms with E-state index >= 15 is 0 Å². The van der Waals surface area contributed by atoms with Crippen molar-refractivity contribution in [1.82, 2.24) is 9.80 Å². The number of piperidine rings is 1. The molecule has 2 aliphatic heterocycles. The predicted molar refractivity (Wildman–Crippen MR) is 131 cm³/mol. The summed E-state index contributed by atoms with van der Waals surface area (Å²) in [7, 11) is 5.05. The van der Waals surface area contributed by atoms with Crippen molar-refractivity contribution in [2.75, 3.05) is 52.3 Å². The van der Waals surface area contributed by atoms with Crippen LogP contribution in [0.3, 0.4) is 0 Å². The maximum absolute atomic E-state index is 13.6. The number of anilines is 1. The first-order valence-corrected chi connectivity index (χ1v) is 11.8. The molecule has 178 valence electrons. The Morgan fingerprint density at radius 2 is 1.91 bits per heavy atom. The van der Waals surface area contributed by atoms with Crippen LogP contribution in [-0.2, 0) is 15.0 Å². The van der Waals surface area contributed by atoms with E-state index in [2.05, 4.69) is 6.07 Å². The van der Waals surface area contributed by atoms with Gasteiger partial charge >= 0.3 is 0 Å². The highest BCUT2D eigenvalue weighted by atomic mass is 35.5. The van der Waals surface area contributed by atoms with Gasteiger partial charge in [0.15, 0.2) is 0 Å². The van der Waals surface area contributed by atoms with Gasteiger partial charge in [-0.3, -0.25) is 9.59 Å². The third-order valence-corrected chi connectivity index (χ3v) is 7.23. The van der Waals surface area contributed by atoms with Crippen molar-refractivity contribution in [3.05, 3.63) is 58.6 Å². The van der Waals surface area contributed by atoms with Gasteiger partial charge in [0.25, 0.3) is 0 Å². The molecule has 34 heavy (non-hydrogen) atoms. The van der Waals surface area contributed by atoms with Crippen molar-refractivity contribution in [3.8, 4) is 11.8 Å². The highest BCUT2D eigenvalue weighted by Gasteiger charge is 2.43. The number of hydrogen-bond donors (Lipinski definition) is 0. The molecule has 0 spiro atoms. The average Bonchev–Trinajstić information content (AvgIpc) is 3.20. The van der Waals surface area contributed by atoms with Crippen molar-refractivity contribution >= 4 is 29.1 Å². The van der Waals surface area contributed by atoms with Crippen molar-refractivity contribution < 1.29 is 14.3 Å². The monoisotopic (exact) mass is 480 g/mol. The molecule has 0 radical (unpaired) electrons. The topological polar surface area (TPSA) is 76.9 Å². The lowest BCUT2D eigenvalue weighted by atomic mass is 9.73. The van der Waals surface area contributed by atoms with Crippen molar-refractivity contribution in [3.63, 3.8) is 0 Å². The maximum Gasteiger partial charge on any atom is 0.241 e.